The van der Waals surface area contributed by atoms with E-state index in [1.807, 2.05) is 17.0 Å². The van der Waals surface area contributed by atoms with E-state index in [4.69, 9.17) is 4.74 Å². The lowest BCUT2D eigenvalue weighted by molar-refractivity contribution is -0.132. The molecule has 136 valence electrons. The SMILES string of the molecule is CC[C@@H]1CN(C(=O)[C@@H]2C[C@@H]2c2ccccc2F)C[C@@H]1N1CCOCC1. The van der Waals surface area contributed by atoms with Crippen LogP contribution in [-0.4, -0.2) is 61.1 Å². The Morgan fingerprint density at radius 2 is 2.00 bits per heavy atom. The Labute approximate surface area is 148 Å². The fourth-order valence-corrected chi connectivity index (χ4v) is 4.58. The van der Waals surface area contributed by atoms with Gasteiger partial charge >= 0.3 is 0 Å². The second-order valence-electron chi connectivity index (χ2n) is 7.60. The average Bonchev–Trinajstić information content (AvgIpc) is 3.32. The second-order valence-corrected chi connectivity index (χ2v) is 7.60. The van der Waals surface area contributed by atoms with Crippen molar-refractivity contribution in [2.75, 3.05) is 39.4 Å². The van der Waals surface area contributed by atoms with Gasteiger partial charge in [0.05, 0.1) is 13.2 Å². The standard InChI is InChI=1S/C20H27FN2O2/c1-2-14-12-23(13-19(14)22-7-9-25-10-8-22)20(24)17-11-16(17)15-5-3-4-6-18(15)21/h3-6,14,16-17,19H,2,7-13H2,1H3/t14-,16-,17-,19+/m1/s1. The highest BCUT2D eigenvalue weighted by Gasteiger charge is 2.49. The van der Waals surface area contributed by atoms with Crippen LogP contribution in [0.2, 0.25) is 0 Å². The summed E-state index contributed by atoms with van der Waals surface area (Å²) in [7, 11) is 0. The number of amides is 1. The molecule has 0 radical (unpaired) electrons. The summed E-state index contributed by atoms with van der Waals surface area (Å²) < 4.78 is 19.4. The first kappa shape index (κ1) is 17.0. The minimum Gasteiger partial charge on any atom is -0.379 e. The zero-order chi connectivity index (χ0) is 17.4. The van der Waals surface area contributed by atoms with E-state index in [0.717, 1.165) is 52.2 Å². The van der Waals surface area contributed by atoms with Crippen molar-refractivity contribution in [2.45, 2.75) is 31.7 Å². The van der Waals surface area contributed by atoms with Gasteiger partial charge in [-0.1, -0.05) is 31.5 Å². The van der Waals surface area contributed by atoms with Crippen LogP contribution in [0.25, 0.3) is 0 Å². The molecule has 0 aromatic heterocycles. The largest absolute Gasteiger partial charge is 0.379 e. The Morgan fingerprint density at radius 3 is 2.72 bits per heavy atom. The fourth-order valence-electron chi connectivity index (χ4n) is 4.58. The molecule has 1 aromatic rings. The number of rotatable bonds is 4. The minimum absolute atomic E-state index is 0.0298. The first-order chi connectivity index (χ1) is 12.2. The van der Waals surface area contributed by atoms with Crippen LogP contribution < -0.4 is 0 Å². The second kappa shape index (κ2) is 7.04. The molecular weight excluding hydrogens is 319 g/mol. The lowest BCUT2D eigenvalue weighted by Crippen LogP contribution is -2.47. The van der Waals surface area contributed by atoms with Crippen LogP contribution >= 0.6 is 0 Å². The molecule has 4 rings (SSSR count). The number of carbonyl (C=O) groups is 1. The van der Waals surface area contributed by atoms with Crippen molar-refractivity contribution in [2.24, 2.45) is 11.8 Å². The first-order valence-electron chi connectivity index (χ1n) is 9.54. The van der Waals surface area contributed by atoms with Gasteiger partial charge in [-0.15, -0.1) is 0 Å². The summed E-state index contributed by atoms with van der Waals surface area (Å²) in [6.07, 6.45) is 1.88. The number of likely N-dealkylation sites (tertiary alicyclic amines) is 1. The summed E-state index contributed by atoms with van der Waals surface area (Å²) in [6.45, 7) is 7.38. The van der Waals surface area contributed by atoms with E-state index in [0.29, 0.717) is 17.5 Å². The summed E-state index contributed by atoms with van der Waals surface area (Å²) in [5, 5.41) is 0. The number of hydrogen-bond acceptors (Lipinski definition) is 3. The Balaban J connectivity index is 1.41. The molecule has 5 heteroatoms. The Kier molecular flexibility index (Phi) is 4.78. The molecule has 1 amide bonds. The quantitative estimate of drug-likeness (QED) is 0.840. The van der Waals surface area contributed by atoms with Crippen molar-refractivity contribution in [3.63, 3.8) is 0 Å². The van der Waals surface area contributed by atoms with Gasteiger partial charge in [0.15, 0.2) is 0 Å². The number of halogens is 1. The molecule has 1 saturated carbocycles. The molecule has 25 heavy (non-hydrogen) atoms. The van der Waals surface area contributed by atoms with Crippen molar-refractivity contribution in [3.05, 3.63) is 35.6 Å². The van der Waals surface area contributed by atoms with E-state index >= 15 is 0 Å². The Morgan fingerprint density at radius 1 is 1.24 bits per heavy atom. The van der Waals surface area contributed by atoms with Gasteiger partial charge in [0, 0.05) is 38.1 Å². The van der Waals surface area contributed by atoms with Crippen molar-refractivity contribution in [3.8, 4) is 0 Å². The third kappa shape index (κ3) is 3.32. The van der Waals surface area contributed by atoms with Gasteiger partial charge < -0.3 is 9.64 Å². The van der Waals surface area contributed by atoms with Crippen LogP contribution in [0, 0.1) is 17.7 Å². The van der Waals surface area contributed by atoms with Crippen LogP contribution in [0.15, 0.2) is 24.3 Å². The maximum atomic E-state index is 14.0. The molecule has 3 aliphatic rings. The molecule has 0 N–H and O–H groups in total. The monoisotopic (exact) mass is 346 g/mol. The zero-order valence-electron chi connectivity index (χ0n) is 14.9. The lowest BCUT2D eigenvalue weighted by atomic mass is 9.99. The predicted octanol–water partition coefficient (Wildman–Crippen LogP) is 2.50. The molecular formula is C20H27FN2O2. The van der Waals surface area contributed by atoms with Gasteiger partial charge in [-0.05, 0) is 29.9 Å². The molecule has 0 bridgehead atoms. The highest BCUT2D eigenvalue weighted by atomic mass is 19.1. The number of nitrogens with zero attached hydrogens (tertiary/aromatic N) is 2. The summed E-state index contributed by atoms with van der Waals surface area (Å²) in [6, 6.07) is 7.32. The summed E-state index contributed by atoms with van der Waals surface area (Å²) in [4.78, 5) is 17.5. The van der Waals surface area contributed by atoms with Crippen molar-refractivity contribution in [1.82, 2.24) is 9.80 Å². The molecule has 2 saturated heterocycles. The van der Waals surface area contributed by atoms with Gasteiger partial charge in [0.1, 0.15) is 5.82 Å². The zero-order valence-corrected chi connectivity index (χ0v) is 14.9. The molecule has 2 aliphatic heterocycles. The Hall–Kier alpha value is -1.46. The van der Waals surface area contributed by atoms with Crippen LogP contribution in [-0.2, 0) is 9.53 Å². The average molecular weight is 346 g/mol. The summed E-state index contributed by atoms with van der Waals surface area (Å²) in [5.74, 6) is 0.617. The molecule has 1 aliphatic carbocycles. The molecule has 0 spiro atoms. The third-order valence-corrected chi connectivity index (χ3v) is 6.17. The minimum atomic E-state index is -0.179. The van der Waals surface area contributed by atoms with Gasteiger partial charge in [0.2, 0.25) is 5.91 Å². The molecule has 3 fully saturated rings. The normalized spacial score (nSPS) is 32.8. The third-order valence-electron chi connectivity index (χ3n) is 6.17. The van der Waals surface area contributed by atoms with Crippen LogP contribution in [0.5, 0.6) is 0 Å². The molecule has 4 nitrogen and oxygen atoms in total. The number of benzene rings is 1. The van der Waals surface area contributed by atoms with Gasteiger partial charge in [-0.2, -0.15) is 0 Å². The Bertz CT molecular complexity index is 632. The number of carbonyl (C=O) groups excluding carboxylic acids is 1. The van der Waals surface area contributed by atoms with E-state index in [1.165, 1.54) is 6.07 Å². The molecule has 0 unspecified atom stereocenters. The van der Waals surface area contributed by atoms with E-state index in [-0.39, 0.29) is 23.6 Å². The van der Waals surface area contributed by atoms with Crippen molar-refractivity contribution in [1.29, 1.82) is 0 Å². The maximum absolute atomic E-state index is 14.0. The topological polar surface area (TPSA) is 32.8 Å². The fraction of sp³-hybridized carbons (Fsp3) is 0.650. The van der Waals surface area contributed by atoms with E-state index in [1.54, 1.807) is 6.07 Å². The molecule has 4 atom stereocenters. The number of hydrogen-bond donors (Lipinski definition) is 0. The van der Waals surface area contributed by atoms with Gasteiger partial charge in [0.25, 0.3) is 0 Å². The van der Waals surface area contributed by atoms with E-state index < -0.39 is 0 Å². The van der Waals surface area contributed by atoms with Crippen LogP contribution in [0.4, 0.5) is 4.39 Å². The summed E-state index contributed by atoms with van der Waals surface area (Å²) in [5.41, 5.74) is 0.705. The van der Waals surface area contributed by atoms with Crippen molar-refractivity contribution < 1.29 is 13.9 Å². The number of ether oxygens (including phenoxy) is 1. The van der Waals surface area contributed by atoms with Gasteiger partial charge in [-0.25, -0.2) is 4.39 Å². The van der Waals surface area contributed by atoms with Crippen LogP contribution in [0.3, 0.4) is 0 Å². The molecule has 2 heterocycles. The molecule has 1 aromatic carbocycles. The number of morpholine rings is 1. The highest BCUT2D eigenvalue weighted by molar-refractivity contribution is 5.83. The van der Waals surface area contributed by atoms with E-state index in [9.17, 15) is 9.18 Å². The summed E-state index contributed by atoms with van der Waals surface area (Å²) >= 11 is 0. The van der Waals surface area contributed by atoms with E-state index in [2.05, 4.69) is 11.8 Å². The predicted molar refractivity (Wildman–Crippen MR) is 93.8 cm³/mol. The smallest absolute Gasteiger partial charge is 0.226 e. The lowest BCUT2D eigenvalue weighted by Gasteiger charge is -2.34. The maximum Gasteiger partial charge on any atom is 0.226 e. The van der Waals surface area contributed by atoms with Crippen LogP contribution in [0.1, 0.15) is 31.2 Å². The first-order valence-corrected chi connectivity index (χ1v) is 9.54. The van der Waals surface area contributed by atoms with Gasteiger partial charge in [-0.3, -0.25) is 9.69 Å². The van der Waals surface area contributed by atoms with Crippen molar-refractivity contribution >= 4 is 5.91 Å². The highest BCUT2D eigenvalue weighted by Crippen LogP contribution is 2.49.